The molecule has 0 heterocycles. The maximum absolute atomic E-state index is 9.89. The van der Waals surface area contributed by atoms with E-state index in [4.69, 9.17) is 16.3 Å². The standard InChI is InChI=1S/C15H21ClNO2/c16-14-8-4-5-9-15(14)19-11-13(18)10-17-12-6-2-1-3-7-12/h5,8-9,12-13,17-18H,1-3,6-7,10-11H2. The van der Waals surface area contributed by atoms with Gasteiger partial charge in [0.15, 0.2) is 0 Å². The van der Waals surface area contributed by atoms with Crippen LogP contribution < -0.4 is 10.1 Å². The van der Waals surface area contributed by atoms with E-state index in [9.17, 15) is 5.11 Å². The van der Waals surface area contributed by atoms with Gasteiger partial charge in [0.05, 0.1) is 5.02 Å². The van der Waals surface area contributed by atoms with Gasteiger partial charge in [0.25, 0.3) is 0 Å². The van der Waals surface area contributed by atoms with Gasteiger partial charge in [-0.3, -0.25) is 0 Å². The van der Waals surface area contributed by atoms with Crippen molar-refractivity contribution in [2.45, 2.75) is 44.2 Å². The average molecular weight is 283 g/mol. The lowest BCUT2D eigenvalue weighted by atomic mass is 9.95. The first kappa shape index (κ1) is 14.6. The van der Waals surface area contributed by atoms with Crippen molar-refractivity contribution in [3.63, 3.8) is 0 Å². The zero-order valence-corrected chi connectivity index (χ0v) is 11.8. The van der Waals surface area contributed by atoms with Crippen molar-refractivity contribution in [1.29, 1.82) is 0 Å². The van der Waals surface area contributed by atoms with Gasteiger partial charge >= 0.3 is 0 Å². The molecule has 1 radical (unpaired) electrons. The molecule has 4 heteroatoms. The van der Waals surface area contributed by atoms with Crippen LogP contribution in [0.2, 0.25) is 5.02 Å². The van der Waals surface area contributed by atoms with Gasteiger partial charge < -0.3 is 15.2 Å². The number of halogens is 1. The second-order valence-electron chi connectivity index (χ2n) is 5.06. The van der Waals surface area contributed by atoms with Crippen LogP contribution in [-0.2, 0) is 0 Å². The molecule has 2 rings (SSSR count). The third-order valence-corrected chi connectivity index (χ3v) is 3.75. The second kappa shape index (κ2) is 7.73. The summed E-state index contributed by atoms with van der Waals surface area (Å²) in [4.78, 5) is 0. The molecular formula is C15H21ClNO2. The number of nitrogens with one attached hydrogen (secondary N) is 1. The Hall–Kier alpha value is -0.770. The van der Waals surface area contributed by atoms with Crippen LogP contribution in [0.5, 0.6) is 5.75 Å². The molecule has 1 atom stereocenters. The Balaban J connectivity index is 1.66. The molecule has 2 N–H and O–H groups in total. The molecular weight excluding hydrogens is 262 g/mol. The minimum absolute atomic E-state index is 0.253. The van der Waals surface area contributed by atoms with Crippen LogP contribution in [-0.4, -0.2) is 30.4 Å². The number of hydrogen-bond acceptors (Lipinski definition) is 3. The van der Waals surface area contributed by atoms with Crippen molar-refractivity contribution >= 4 is 11.6 Å². The number of aliphatic hydroxyl groups is 1. The highest BCUT2D eigenvalue weighted by atomic mass is 35.5. The van der Waals surface area contributed by atoms with E-state index < -0.39 is 6.10 Å². The average Bonchev–Trinajstić information content (AvgIpc) is 2.45. The fourth-order valence-corrected chi connectivity index (χ4v) is 2.55. The van der Waals surface area contributed by atoms with Gasteiger partial charge in [-0.25, -0.2) is 0 Å². The minimum atomic E-state index is -0.512. The Morgan fingerprint density at radius 2 is 2.21 bits per heavy atom. The molecule has 1 unspecified atom stereocenters. The van der Waals surface area contributed by atoms with Crippen LogP contribution in [0, 0.1) is 6.07 Å². The fraction of sp³-hybridized carbons (Fsp3) is 0.600. The minimum Gasteiger partial charge on any atom is -0.489 e. The molecule has 105 valence electrons. The Morgan fingerprint density at radius 1 is 1.42 bits per heavy atom. The van der Waals surface area contributed by atoms with Gasteiger partial charge in [-0.2, -0.15) is 0 Å². The number of ether oxygens (including phenoxy) is 1. The van der Waals surface area contributed by atoms with Crippen LogP contribution in [0.25, 0.3) is 0 Å². The number of aliphatic hydroxyl groups excluding tert-OH is 1. The summed E-state index contributed by atoms with van der Waals surface area (Å²) in [5.74, 6) is 0.595. The second-order valence-corrected chi connectivity index (χ2v) is 5.47. The highest BCUT2D eigenvalue weighted by Crippen LogP contribution is 2.23. The normalized spacial score (nSPS) is 18.2. The molecule has 3 nitrogen and oxygen atoms in total. The maximum Gasteiger partial charge on any atom is 0.138 e. The summed E-state index contributed by atoms with van der Waals surface area (Å²) in [5.41, 5.74) is 0. The van der Waals surface area contributed by atoms with Crippen LogP contribution in [0.3, 0.4) is 0 Å². The summed E-state index contributed by atoms with van der Waals surface area (Å²) in [6.07, 6.45) is 5.85. The first-order valence-corrected chi connectivity index (χ1v) is 7.33. The third-order valence-electron chi connectivity index (χ3n) is 3.45. The molecule has 0 saturated heterocycles. The highest BCUT2D eigenvalue weighted by molar-refractivity contribution is 6.32. The van der Waals surface area contributed by atoms with Crippen molar-refractivity contribution < 1.29 is 9.84 Å². The monoisotopic (exact) mass is 282 g/mol. The molecule has 19 heavy (non-hydrogen) atoms. The van der Waals surface area contributed by atoms with Crippen LogP contribution in [0.1, 0.15) is 32.1 Å². The number of rotatable bonds is 6. The maximum atomic E-state index is 9.89. The van der Waals surface area contributed by atoms with E-state index in [1.807, 2.05) is 0 Å². The molecule has 1 aromatic carbocycles. The molecule has 1 aromatic rings. The van der Waals surface area contributed by atoms with Gasteiger partial charge in [0, 0.05) is 12.6 Å². The van der Waals surface area contributed by atoms with Crippen LogP contribution >= 0.6 is 11.6 Å². The third kappa shape index (κ3) is 5.01. The molecule has 0 spiro atoms. The van der Waals surface area contributed by atoms with Crippen molar-refractivity contribution in [3.8, 4) is 5.75 Å². The van der Waals surface area contributed by atoms with Crippen molar-refractivity contribution in [3.05, 3.63) is 29.3 Å². The molecule has 1 aliphatic carbocycles. The van der Waals surface area contributed by atoms with E-state index >= 15 is 0 Å². The zero-order chi connectivity index (χ0) is 13.5. The Morgan fingerprint density at radius 3 is 2.95 bits per heavy atom. The van der Waals surface area contributed by atoms with E-state index in [0.717, 1.165) is 0 Å². The van der Waals surface area contributed by atoms with Gasteiger partial charge in [-0.1, -0.05) is 36.9 Å². The van der Waals surface area contributed by atoms with E-state index in [1.54, 1.807) is 18.2 Å². The van der Waals surface area contributed by atoms with Crippen LogP contribution in [0.15, 0.2) is 18.2 Å². The van der Waals surface area contributed by atoms with Crippen molar-refractivity contribution in [2.75, 3.05) is 13.2 Å². The molecule has 0 bridgehead atoms. The lowest BCUT2D eigenvalue weighted by Gasteiger charge is -2.24. The molecule has 1 fully saturated rings. The van der Waals surface area contributed by atoms with E-state index in [2.05, 4.69) is 11.4 Å². The van der Waals surface area contributed by atoms with E-state index in [0.29, 0.717) is 23.4 Å². The first-order valence-electron chi connectivity index (χ1n) is 6.95. The smallest absolute Gasteiger partial charge is 0.138 e. The summed E-state index contributed by atoms with van der Waals surface area (Å²) in [6, 6.07) is 8.58. The molecule has 1 saturated carbocycles. The zero-order valence-electron chi connectivity index (χ0n) is 11.1. The van der Waals surface area contributed by atoms with Crippen molar-refractivity contribution in [1.82, 2.24) is 5.32 Å². The Bertz CT molecular complexity index is 380. The molecule has 1 aliphatic rings. The summed E-state index contributed by atoms with van der Waals surface area (Å²) in [5, 5.41) is 13.8. The molecule has 0 aliphatic heterocycles. The quantitative estimate of drug-likeness (QED) is 0.843. The van der Waals surface area contributed by atoms with E-state index in [1.165, 1.54) is 32.1 Å². The molecule has 0 amide bonds. The van der Waals surface area contributed by atoms with Gasteiger partial charge in [-0.05, 0) is 31.0 Å². The van der Waals surface area contributed by atoms with Crippen LogP contribution in [0.4, 0.5) is 0 Å². The largest absolute Gasteiger partial charge is 0.489 e. The lowest BCUT2D eigenvalue weighted by molar-refractivity contribution is 0.102. The number of hydrogen-bond donors (Lipinski definition) is 2. The number of benzene rings is 1. The summed E-state index contributed by atoms with van der Waals surface area (Å²) < 4.78 is 5.50. The predicted octanol–water partition coefficient (Wildman–Crippen LogP) is 2.80. The molecule has 0 aromatic heterocycles. The van der Waals surface area contributed by atoms with Gasteiger partial charge in [-0.15, -0.1) is 0 Å². The topological polar surface area (TPSA) is 41.5 Å². The first-order chi connectivity index (χ1) is 9.25. The van der Waals surface area contributed by atoms with Gasteiger partial charge in [0.2, 0.25) is 0 Å². The van der Waals surface area contributed by atoms with Crippen molar-refractivity contribution in [2.24, 2.45) is 0 Å². The summed E-state index contributed by atoms with van der Waals surface area (Å²) >= 11 is 5.95. The Labute approximate surface area is 119 Å². The highest BCUT2D eigenvalue weighted by Gasteiger charge is 2.14. The van der Waals surface area contributed by atoms with E-state index in [-0.39, 0.29) is 6.61 Å². The Kier molecular flexibility index (Phi) is 5.95. The SMILES string of the molecule is OC(CNC1CCCCC1)COc1cc[c]cc1Cl. The summed E-state index contributed by atoms with van der Waals surface area (Å²) in [7, 11) is 0. The summed E-state index contributed by atoms with van der Waals surface area (Å²) in [6.45, 7) is 0.824. The van der Waals surface area contributed by atoms with Gasteiger partial charge in [0.1, 0.15) is 18.5 Å². The lowest BCUT2D eigenvalue weighted by Crippen LogP contribution is -2.38. The fourth-order valence-electron chi connectivity index (χ4n) is 2.37. The predicted molar refractivity (Wildman–Crippen MR) is 76.7 cm³/mol.